The molecule has 0 spiro atoms. The molecule has 0 aliphatic carbocycles. The molecule has 1 aromatic carbocycles. The van der Waals surface area contributed by atoms with Crippen molar-refractivity contribution in [2.24, 2.45) is 5.10 Å². The van der Waals surface area contributed by atoms with Gasteiger partial charge in [0.1, 0.15) is 23.8 Å². The molecule has 6 N–H and O–H groups in total. The molecule has 0 amide bonds. The molecule has 1 saturated heterocycles. The lowest BCUT2D eigenvalue weighted by atomic mass is 10.1. The number of aliphatic hydroxyl groups is 3. The van der Waals surface area contributed by atoms with Gasteiger partial charge in [-0.2, -0.15) is 15.1 Å². The zero-order valence-electron chi connectivity index (χ0n) is 14.9. The Bertz CT molecular complexity index is 1060. The van der Waals surface area contributed by atoms with Crippen LogP contribution in [0.1, 0.15) is 11.8 Å². The molecular formula is C17H18ClN7O4. The molecule has 3 aromatic rings. The third kappa shape index (κ3) is 3.61. The van der Waals surface area contributed by atoms with Crippen LogP contribution < -0.4 is 11.2 Å². The maximum absolute atomic E-state index is 10.3. The highest BCUT2D eigenvalue weighted by Gasteiger charge is 2.44. The lowest BCUT2D eigenvalue weighted by Gasteiger charge is -2.16. The lowest BCUT2D eigenvalue weighted by Crippen LogP contribution is -2.33. The van der Waals surface area contributed by atoms with Gasteiger partial charge < -0.3 is 25.8 Å². The van der Waals surface area contributed by atoms with Gasteiger partial charge in [0.15, 0.2) is 17.7 Å². The number of nitrogens with two attached hydrogens (primary N) is 1. The second-order valence-corrected chi connectivity index (χ2v) is 6.78. The van der Waals surface area contributed by atoms with Crippen molar-refractivity contribution in [2.45, 2.75) is 24.5 Å². The average molecular weight is 420 g/mol. The van der Waals surface area contributed by atoms with E-state index in [0.717, 1.165) is 0 Å². The summed E-state index contributed by atoms with van der Waals surface area (Å²) in [6.45, 7) is -0.442. The number of aromatic nitrogens is 4. The number of nitrogens with one attached hydrogen (secondary N) is 1. The molecule has 1 aliphatic heterocycles. The summed E-state index contributed by atoms with van der Waals surface area (Å²) in [5.41, 5.74) is 9.90. The Morgan fingerprint density at radius 1 is 1.28 bits per heavy atom. The molecule has 2 aromatic heterocycles. The van der Waals surface area contributed by atoms with Crippen LogP contribution in [0.5, 0.6) is 0 Å². The number of imidazole rings is 1. The van der Waals surface area contributed by atoms with Gasteiger partial charge in [0.25, 0.3) is 0 Å². The Morgan fingerprint density at radius 2 is 2.07 bits per heavy atom. The van der Waals surface area contributed by atoms with Crippen LogP contribution in [0, 0.1) is 0 Å². The Morgan fingerprint density at radius 3 is 2.79 bits per heavy atom. The first-order valence-electron chi connectivity index (χ1n) is 8.65. The van der Waals surface area contributed by atoms with Crippen molar-refractivity contribution in [3.63, 3.8) is 0 Å². The second-order valence-electron chi connectivity index (χ2n) is 6.38. The molecule has 4 atom stereocenters. The minimum absolute atomic E-state index is 0.0896. The van der Waals surface area contributed by atoms with E-state index in [1.807, 2.05) is 12.1 Å². The second kappa shape index (κ2) is 7.89. The maximum atomic E-state index is 10.3. The normalized spacial score (nSPS) is 24.6. The first-order chi connectivity index (χ1) is 14.0. The number of halogens is 1. The number of hydrogen-bond acceptors (Lipinski definition) is 10. The van der Waals surface area contributed by atoms with Crippen LogP contribution in [-0.4, -0.2) is 66.0 Å². The number of anilines is 2. The molecular weight excluding hydrogens is 402 g/mol. The third-order valence-electron chi connectivity index (χ3n) is 4.51. The van der Waals surface area contributed by atoms with Crippen LogP contribution in [0.3, 0.4) is 0 Å². The first-order valence-corrected chi connectivity index (χ1v) is 9.03. The highest BCUT2D eigenvalue weighted by Crippen LogP contribution is 2.32. The van der Waals surface area contributed by atoms with Gasteiger partial charge in [-0.3, -0.25) is 4.57 Å². The highest BCUT2D eigenvalue weighted by molar-refractivity contribution is 6.33. The average Bonchev–Trinajstić information content (AvgIpc) is 3.25. The van der Waals surface area contributed by atoms with Gasteiger partial charge in [0.05, 0.1) is 19.1 Å². The number of aliphatic hydroxyl groups excluding tert-OH is 3. The van der Waals surface area contributed by atoms with Gasteiger partial charge >= 0.3 is 0 Å². The fraction of sp³-hybridized carbons (Fsp3) is 0.294. The number of hydrazone groups is 1. The standard InChI is InChI=1S/C17H18ClN7O4/c18-9-4-2-1-3-8(9)5-21-24-17-22-14(19)11-15(23-17)25(7-20-11)16-13(28)12(27)10(6-26)29-16/h1-5,7,10,12-13,16,26-28H,6H2,(H3,19,22,23,24)/b21-5+/t10-,12-,13-,16?/m1/s1. The van der Waals surface area contributed by atoms with Crippen LogP contribution >= 0.6 is 11.6 Å². The topological polar surface area (TPSA) is 164 Å². The predicted octanol–water partition coefficient (Wildman–Crippen LogP) is 0.119. The zero-order chi connectivity index (χ0) is 20.5. The van der Waals surface area contributed by atoms with E-state index in [4.69, 9.17) is 22.1 Å². The van der Waals surface area contributed by atoms with Crippen LogP contribution in [0.15, 0.2) is 35.7 Å². The van der Waals surface area contributed by atoms with Crippen molar-refractivity contribution in [1.29, 1.82) is 0 Å². The summed E-state index contributed by atoms with van der Waals surface area (Å²) in [4.78, 5) is 12.6. The molecule has 0 bridgehead atoms. The number of ether oxygens (including phenoxy) is 1. The summed E-state index contributed by atoms with van der Waals surface area (Å²) in [5.74, 6) is 0.183. The summed E-state index contributed by atoms with van der Waals surface area (Å²) in [6, 6.07) is 7.17. The van der Waals surface area contributed by atoms with E-state index in [1.54, 1.807) is 12.1 Å². The van der Waals surface area contributed by atoms with E-state index in [1.165, 1.54) is 17.1 Å². The quantitative estimate of drug-likeness (QED) is 0.285. The molecule has 1 unspecified atom stereocenters. The summed E-state index contributed by atoms with van der Waals surface area (Å²) in [7, 11) is 0. The largest absolute Gasteiger partial charge is 0.394 e. The van der Waals surface area contributed by atoms with E-state index >= 15 is 0 Å². The van der Waals surface area contributed by atoms with Gasteiger partial charge in [0.2, 0.25) is 5.95 Å². The van der Waals surface area contributed by atoms with Gasteiger partial charge in [-0.05, 0) is 6.07 Å². The van der Waals surface area contributed by atoms with Crippen LogP contribution in [0.25, 0.3) is 11.2 Å². The van der Waals surface area contributed by atoms with Crippen LogP contribution in [0.4, 0.5) is 11.8 Å². The van der Waals surface area contributed by atoms with E-state index < -0.39 is 31.1 Å². The van der Waals surface area contributed by atoms with Crippen LogP contribution in [-0.2, 0) is 4.74 Å². The molecule has 1 aliphatic rings. The molecule has 3 heterocycles. The molecule has 0 radical (unpaired) electrons. The smallest absolute Gasteiger partial charge is 0.247 e. The van der Waals surface area contributed by atoms with Gasteiger partial charge in [-0.1, -0.05) is 29.8 Å². The molecule has 12 heteroatoms. The molecule has 4 rings (SSSR count). The number of hydrogen-bond donors (Lipinski definition) is 5. The first kappa shape index (κ1) is 19.5. The summed E-state index contributed by atoms with van der Waals surface area (Å²) < 4.78 is 6.94. The minimum atomic E-state index is -1.28. The molecule has 152 valence electrons. The fourth-order valence-corrected chi connectivity index (χ4v) is 3.21. The molecule has 11 nitrogen and oxygen atoms in total. The molecule has 0 saturated carbocycles. The molecule has 1 fully saturated rings. The predicted molar refractivity (Wildman–Crippen MR) is 105 cm³/mol. The minimum Gasteiger partial charge on any atom is -0.394 e. The van der Waals surface area contributed by atoms with Crippen molar-refractivity contribution in [1.82, 2.24) is 19.5 Å². The summed E-state index contributed by atoms with van der Waals surface area (Å²) >= 11 is 6.08. The lowest BCUT2D eigenvalue weighted by molar-refractivity contribution is -0.0511. The van der Waals surface area contributed by atoms with Gasteiger partial charge in [-0.15, -0.1) is 0 Å². The van der Waals surface area contributed by atoms with E-state index in [2.05, 4.69) is 25.5 Å². The SMILES string of the molecule is Nc1nc(N/N=C/c2ccccc2Cl)nc2c1ncn2C1O[C@H](CO)[C@@H](O)[C@H]1O. The van der Waals surface area contributed by atoms with Crippen molar-refractivity contribution >= 4 is 40.7 Å². The van der Waals surface area contributed by atoms with Gasteiger partial charge in [-0.25, -0.2) is 10.4 Å². The number of nitrogen functional groups attached to an aromatic ring is 1. The number of fused-ring (bicyclic) bond motifs is 1. The van der Waals surface area contributed by atoms with Crippen molar-refractivity contribution in [3.8, 4) is 0 Å². The number of rotatable bonds is 5. The third-order valence-corrected chi connectivity index (χ3v) is 4.86. The fourth-order valence-electron chi connectivity index (χ4n) is 3.02. The van der Waals surface area contributed by atoms with Crippen molar-refractivity contribution < 1.29 is 20.1 Å². The van der Waals surface area contributed by atoms with Crippen molar-refractivity contribution in [3.05, 3.63) is 41.2 Å². The Balaban J connectivity index is 1.63. The van der Waals surface area contributed by atoms with Crippen LogP contribution in [0.2, 0.25) is 5.02 Å². The Kier molecular flexibility index (Phi) is 5.30. The Labute approximate surface area is 169 Å². The summed E-state index contributed by atoms with van der Waals surface area (Å²) in [5, 5.41) is 34.1. The van der Waals surface area contributed by atoms with E-state index in [0.29, 0.717) is 16.1 Å². The maximum Gasteiger partial charge on any atom is 0.247 e. The summed E-state index contributed by atoms with van der Waals surface area (Å²) in [6.07, 6.45) is -1.58. The van der Waals surface area contributed by atoms with E-state index in [9.17, 15) is 15.3 Å². The highest BCUT2D eigenvalue weighted by atomic mass is 35.5. The number of benzene rings is 1. The number of nitrogens with zero attached hydrogens (tertiary/aromatic N) is 5. The monoisotopic (exact) mass is 419 g/mol. The zero-order valence-corrected chi connectivity index (χ0v) is 15.7. The Hall–Kier alpha value is -2.83. The molecule has 29 heavy (non-hydrogen) atoms. The van der Waals surface area contributed by atoms with Gasteiger partial charge in [0, 0.05) is 10.6 Å². The van der Waals surface area contributed by atoms with Crippen molar-refractivity contribution in [2.75, 3.05) is 17.8 Å². The van der Waals surface area contributed by atoms with E-state index in [-0.39, 0.29) is 17.4 Å².